The molecular formula is C18H19N5. The molecule has 3 heterocycles. The smallest absolute Gasteiger partial charge is 0.227 e. The van der Waals surface area contributed by atoms with E-state index in [9.17, 15) is 0 Å². The van der Waals surface area contributed by atoms with Crippen LogP contribution in [0.5, 0.6) is 0 Å². The van der Waals surface area contributed by atoms with Crippen molar-refractivity contribution in [3.05, 3.63) is 54.6 Å². The number of rotatable bonds is 3. The minimum Gasteiger partial charge on any atom is -0.327 e. The summed E-state index contributed by atoms with van der Waals surface area (Å²) in [6.07, 6.45) is 6.13. The molecule has 3 aromatic rings. The third-order valence-corrected chi connectivity index (χ3v) is 4.29. The number of nitrogens with one attached hydrogen (secondary N) is 1. The molecule has 1 N–H and O–H groups in total. The van der Waals surface area contributed by atoms with Gasteiger partial charge in [0.25, 0.3) is 0 Å². The molecule has 0 fully saturated rings. The van der Waals surface area contributed by atoms with E-state index in [4.69, 9.17) is 0 Å². The van der Waals surface area contributed by atoms with Gasteiger partial charge >= 0.3 is 0 Å². The molecule has 0 radical (unpaired) electrons. The highest BCUT2D eigenvalue weighted by Gasteiger charge is 2.21. The molecule has 4 rings (SSSR count). The van der Waals surface area contributed by atoms with Gasteiger partial charge in [-0.2, -0.15) is 0 Å². The van der Waals surface area contributed by atoms with E-state index in [0.717, 1.165) is 23.6 Å². The van der Waals surface area contributed by atoms with Crippen molar-refractivity contribution in [2.24, 2.45) is 0 Å². The molecule has 5 nitrogen and oxygen atoms in total. The molecule has 0 spiro atoms. The Balaban J connectivity index is 1.67. The molecule has 0 aliphatic carbocycles. The SMILES string of the molecule is CC1CCCn2c(-c3ccnc(Nc4ccccc4)n3)cnc21. The molecule has 1 atom stereocenters. The molecule has 2 aromatic heterocycles. The second-order valence-corrected chi connectivity index (χ2v) is 5.95. The fourth-order valence-corrected chi connectivity index (χ4v) is 3.12. The number of para-hydroxylation sites is 1. The number of hydrogen-bond acceptors (Lipinski definition) is 4. The first-order valence-corrected chi connectivity index (χ1v) is 8.02. The first-order valence-electron chi connectivity index (χ1n) is 8.02. The molecule has 1 aromatic carbocycles. The highest BCUT2D eigenvalue weighted by Crippen LogP contribution is 2.30. The number of hydrogen-bond donors (Lipinski definition) is 1. The highest BCUT2D eigenvalue weighted by atomic mass is 15.1. The summed E-state index contributed by atoms with van der Waals surface area (Å²) in [5.41, 5.74) is 2.96. The Morgan fingerprint density at radius 1 is 1.13 bits per heavy atom. The van der Waals surface area contributed by atoms with Crippen LogP contribution in [0.4, 0.5) is 11.6 Å². The lowest BCUT2D eigenvalue weighted by Gasteiger charge is -2.21. The minimum absolute atomic E-state index is 0.515. The summed E-state index contributed by atoms with van der Waals surface area (Å²) in [6, 6.07) is 11.9. The number of nitrogens with zero attached hydrogens (tertiary/aromatic N) is 4. The Labute approximate surface area is 135 Å². The molecule has 23 heavy (non-hydrogen) atoms. The summed E-state index contributed by atoms with van der Waals surface area (Å²) in [4.78, 5) is 13.6. The standard InChI is InChI=1S/C18H19N5/c1-13-6-5-11-23-16(12-20-17(13)23)15-9-10-19-18(22-15)21-14-7-3-2-4-8-14/h2-4,7-10,12-13H,5-6,11H2,1H3,(H,19,21,22). The predicted molar refractivity (Wildman–Crippen MR) is 90.6 cm³/mol. The molecule has 0 amide bonds. The van der Waals surface area contributed by atoms with Crippen molar-refractivity contribution in [3.63, 3.8) is 0 Å². The Hall–Kier alpha value is -2.69. The van der Waals surface area contributed by atoms with Crippen LogP contribution >= 0.6 is 0 Å². The maximum Gasteiger partial charge on any atom is 0.227 e. The predicted octanol–water partition coefficient (Wildman–Crippen LogP) is 3.98. The van der Waals surface area contributed by atoms with Gasteiger partial charge in [0.1, 0.15) is 5.82 Å². The highest BCUT2D eigenvalue weighted by molar-refractivity contribution is 5.59. The topological polar surface area (TPSA) is 55.6 Å². The fourth-order valence-electron chi connectivity index (χ4n) is 3.12. The number of benzene rings is 1. The van der Waals surface area contributed by atoms with E-state index in [0.29, 0.717) is 11.9 Å². The summed E-state index contributed by atoms with van der Waals surface area (Å²) < 4.78 is 2.29. The van der Waals surface area contributed by atoms with Crippen molar-refractivity contribution in [1.29, 1.82) is 0 Å². The van der Waals surface area contributed by atoms with Gasteiger partial charge in [0.15, 0.2) is 0 Å². The van der Waals surface area contributed by atoms with Gasteiger partial charge < -0.3 is 9.88 Å². The Bertz CT molecular complexity index is 809. The van der Waals surface area contributed by atoms with E-state index in [2.05, 4.69) is 31.8 Å². The Morgan fingerprint density at radius 2 is 2.00 bits per heavy atom. The first-order chi connectivity index (χ1) is 11.3. The van der Waals surface area contributed by atoms with Crippen LogP contribution in [0.2, 0.25) is 0 Å². The average Bonchev–Trinajstić information content (AvgIpc) is 3.02. The second-order valence-electron chi connectivity index (χ2n) is 5.95. The number of imidazole rings is 1. The summed E-state index contributed by atoms with van der Waals surface area (Å²) in [6.45, 7) is 3.25. The number of anilines is 2. The fraction of sp³-hybridized carbons (Fsp3) is 0.278. The second kappa shape index (κ2) is 5.83. The zero-order valence-electron chi connectivity index (χ0n) is 13.1. The van der Waals surface area contributed by atoms with E-state index in [-0.39, 0.29) is 0 Å². The summed E-state index contributed by atoms with van der Waals surface area (Å²) in [5.74, 6) is 2.29. The Kier molecular flexibility index (Phi) is 3.54. The normalized spacial score (nSPS) is 16.8. The van der Waals surface area contributed by atoms with E-state index in [1.165, 1.54) is 18.7 Å². The van der Waals surface area contributed by atoms with Gasteiger partial charge in [-0.3, -0.25) is 0 Å². The zero-order valence-corrected chi connectivity index (χ0v) is 13.1. The number of fused-ring (bicyclic) bond motifs is 1. The van der Waals surface area contributed by atoms with Gasteiger partial charge in [-0.15, -0.1) is 0 Å². The maximum atomic E-state index is 4.66. The minimum atomic E-state index is 0.515. The van der Waals surface area contributed by atoms with Gasteiger partial charge in [0.2, 0.25) is 5.95 Å². The van der Waals surface area contributed by atoms with Crippen LogP contribution in [0.25, 0.3) is 11.4 Å². The summed E-state index contributed by atoms with van der Waals surface area (Å²) in [7, 11) is 0. The molecule has 1 aliphatic heterocycles. The zero-order chi connectivity index (χ0) is 15.6. The monoisotopic (exact) mass is 305 g/mol. The third kappa shape index (κ3) is 2.70. The molecule has 0 saturated heterocycles. The van der Waals surface area contributed by atoms with Crippen molar-refractivity contribution in [1.82, 2.24) is 19.5 Å². The summed E-state index contributed by atoms with van der Waals surface area (Å²) in [5, 5.41) is 3.24. The van der Waals surface area contributed by atoms with Crippen molar-refractivity contribution in [3.8, 4) is 11.4 Å². The van der Waals surface area contributed by atoms with Crippen LogP contribution < -0.4 is 5.32 Å². The summed E-state index contributed by atoms with van der Waals surface area (Å²) >= 11 is 0. The van der Waals surface area contributed by atoms with Crippen molar-refractivity contribution in [2.75, 3.05) is 5.32 Å². The third-order valence-electron chi connectivity index (χ3n) is 4.29. The van der Waals surface area contributed by atoms with Crippen molar-refractivity contribution >= 4 is 11.6 Å². The molecule has 1 aliphatic rings. The van der Waals surface area contributed by atoms with E-state index >= 15 is 0 Å². The molecule has 5 heteroatoms. The van der Waals surface area contributed by atoms with Crippen molar-refractivity contribution < 1.29 is 0 Å². The lowest BCUT2D eigenvalue weighted by atomic mass is 10.0. The van der Waals surface area contributed by atoms with E-state index < -0.39 is 0 Å². The van der Waals surface area contributed by atoms with Crippen LogP contribution in [-0.2, 0) is 6.54 Å². The Morgan fingerprint density at radius 3 is 2.87 bits per heavy atom. The lowest BCUT2D eigenvalue weighted by Crippen LogP contribution is -2.15. The maximum absolute atomic E-state index is 4.66. The molecule has 0 bridgehead atoms. The van der Waals surface area contributed by atoms with Gasteiger partial charge in [-0.25, -0.2) is 15.0 Å². The van der Waals surface area contributed by atoms with E-state index in [1.54, 1.807) is 6.20 Å². The molecule has 1 unspecified atom stereocenters. The quantitative estimate of drug-likeness (QED) is 0.795. The lowest BCUT2D eigenvalue weighted by molar-refractivity contribution is 0.466. The van der Waals surface area contributed by atoms with Gasteiger partial charge in [0, 0.05) is 24.3 Å². The van der Waals surface area contributed by atoms with Crippen LogP contribution in [0, 0.1) is 0 Å². The van der Waals surface area contributed by atoms with E-state index in [1.807, 2.05) is 42.6 Å². The van der Waals surface area contributed by atoms with Crippen molar-refractivity contribution in [2.45, 2.75) is 32.2 Å². The number of aromatic nitrogens is 4. The van der Waals surface area contributed by atoms with Crippen LogP contribution in [-0.4, -0.2) is 19.5 Å². The molecular weight excluding hydrogens is 286 g/mol. The average molecular weight is 305 g/mol. The van der Waals surface area contributed by atoms with Crippen LogP contribution in [0.1, 0.15) is 31.5 Å². The van der Waals surface area contributed by atoms with Gasteiger partial charge in [-0.05, 0) is 31.0 Å². The van der Waals surface area contributed by atoms with Crippen LogP contribution in [0.15, 0.2) is 48.8 Å². The van der Waals surface area contributed by atoms with Crippen LogP contribution in [0.3, 0.4) is 0 Å². The molecule has 116 valence electrons. The molecule has 0 saturated carbocycles. The largest absolute Gasteiger partial charge is 0.327 e. The van der Waals surface area contributed by atoms with Gasteiger partial charge in [-0.1, -0.05) is 25.1 Å². The first kappa shape index (κ1) is 13.9. The van der Waals surface area contributed by atoms with Gasteiger partial charge in [0.05, 0.1) is 17.6 Å².